The maximum Gasteiger partial charge on any atom is 0.254 e. The summed E-state index contributed by atoms with van der Waals surface area (Å²) in [6.07, 6.45) is 0.661. The molecule has 0 saturated heterocycles. The van der Waals surface area contributed by atoms with Crippen LogP contribution in [0.4, 0.5) is 5.69 Å². The molecule has 0 aliphatic carbocycles. The topological polar surface area (TPSA) is 81.6 Å². The van der Waals surface area contributed by atoms with Gasteiger partial charge in [0.05, 0.1) is 0 Å². The molecular formula is C16H13ClN2O3. The number of phenols is 2. The number of anilines is 1. The van der Waals surface area contributed by atoms with E-state index in [4.69, 9.17) is 11.6 Å². The monoisotopic (exact) mass is 316 g/mol. The highest BCUT2D eigenvalue weighted by Gasteiger charge is 2.50. The van der Waals surface area contributed by atoms with E-state index >= 15 is 0 Å². The Hall–Kier alpha value is -2.24. The number of hydrogen-bond donors (Lipinski definition) is 4. The number of phenolic OH excluding ortho intramolecular Hbond substituents is 2. The van der Waals surface area contributed by atoms with Gasteiger partial charge in [0.1, 0.15) is 0 Å². The van der Waals surface area contributed by atoms with E-state index in [1.807, 2.05) is 0 Å². The Balaban J connectivity index is 2.04. The molecule has 6 heteroatoms. The number of rotatable bonds is 0. The van der Waals surface area contributed by atoms with Gasteiger partial charge in [-0.25, -0.2) is 0 Å². The second kappa shape index (κ2) is 4.38. The van der Waals surface area contributed by atoms with Crippen molar-refractivity contribution in [2.45, 2.75) is 12.0 Å². The van der Waals surface area contributed by atoms with Crippen molar-refractivity contribution in [1.29, 1.82) is 0 Å². The van der Waals surface area contributed by atoms with Crippen LogP contribution < -0.4 is 10.6 Å². The first-order chi connectivity index (χ1) is 10.5. The van der Waals surface area contributed by atoms with Crippen molar-refractivity contribution >= 4 is 23.2 Å². The number of hydrogen-bond acceptors (Lipinski definition) is 4. The number of amides is 1. The zero-order valence-electron chi connectivity index (χ0n) is 11.5. The Kier molecular flexibility index (Phi) is 2.67. The number of benzene rings is 2. The second-order valence-electron chi connectivity index (χ2n) is 5.57. The van der Waals surface area contributed by atoms with Crippen LogP contribution in [0, 0.1) is 0 Å². The standard InChI is InChI=1S/C16H13ClN2O3/c17-9-1-2-12-11(6-9)16(15(22)19-12)10-7-14(21)13(20)5-8(10)3-4-18-16/h1-2,5-7,18,20-21H,3-4H2,(H,19,22). The molecular weight excluding hydrogens is 304 g/mol. The van der Waals surface area contributed by atoms with Crippen LogP contribution in [0.2, 0.25) is 5.02 Å². The summed E-state index contributed by atoms with van der Waals surface area (Å²) in [6.45, 7) is 0.580. The lowest BCUT2D eigenvalue weighted by Crippen LogP contribution is -2.52. The molecule has 1 unspecified atom stereocenters. The fourth-order valence-corrected chi connectivity index (χ4v) is 3.55. The summed E-state index contributed by atoms with van der Waals surface area (Å²) >= 11 is 6.10. The van der Waals surface area contributed by atoms with Gasteiger partial charge in [0.2, 0.25) is 0 Å². The van der Waals surface area contributed by atoms with E-state index in [0.29, 0.717) is 29.2 Å². The number of fused-ring (bicyclic) bond motifs is 4. The van der Waals surface area contributed by atoms with Gasteiger partial charge in [-0.05, 0) is 47.9 Å². The molecule has 5 nitrogen and oxygen atoms in total. The average Bonchev–Trinajstić information content (AvgIpc) is 2.75. The second-order valence-corrected chi connectivity index (χ2v) is 6.01. The quantitative estimate of drug-likeness (QED) is 0.561. The third kappa shape index (κ3) is 1.60. The van der Waals surface area contributed by atoms with Gasteiger partial charge in [-0.15, -0.1) is 0 Å². The first kappa shape index (κ1) is 13.4. The molecule has 1 amide bonds. The lowest BCUT2D eigenvalue weighted by Gasteiger charge is -2.35. The van der Waals surface area contributed by atoms with E-state index in [9.17, 15) is 15.0 Å². The van der Waals surface area contributed by atoms with Crippen molar-refractivity contribution in [2.24, 2.45) is 0 Å². The molecule has 0 radical (unpaired) electrons. The number of aromatic hydroxyl groups is 2. The molecule has 1 atom stereocenters. The first-order valence-electron chi connectivity index (χ1n) is 6.94. The third-order valence-electron chi connectivity index (χ3n) is 4.36. The van der Waals surface area contributed by atoms with Crippen LogP contribution >= 0.6 is 11.6 Å². The molecule has 2 aliphatic rings. The molecule has 2 aromatic carbocycles. The van der Waals surface area contributed by atoms with Crippen LogP contribution in [0.25, 0.3) is 0 Å². The van der Waals surface area contributed by atoms with E-state index in [2.05, 4.69) is 10.6 Å². The molecule has 0 fully saturated rings. The molecule has 4 N–H and O–H groups in total. The van der Waals surface area contributed by atoms with Gasteiger partial charge >= 0.3 is 0 Å². The van der Waals surface area contributed by atoms with Crippen LogP contribution in [-0.2, 0) is 16.8 Å². The van der Waals surface area contributed by atoms with E-state index < -0.39 is 5.54 Å². The highest BCUT2D eigenvalue weighted by Crippen LogP contribution is 2.46. The van der Waals surface area contributed by atoms with Crippen molar-refractivity contribution in [2.75, 3.05) is 11.9 Å². The number of carbonyl (C=O) groups excluding carboxylic acids is 1. The van der Waals surface area contributed by atoms with Gasteiger partial charge in [0.15, 0.2) is 17.0 Å². The number of carbonyl (C=O) groups is 1. The van der Waals surface area contributed by atoms with Crippen LogP contribution in [0.15, 0.2) is 30.3 Å². The predicted molar refractivity (Wildman–Crippen MR) is 82.3 cm³/mol. The minimum absolute atomic E-state index is 0.180. The van der Waals surface area contributed by atoms with E-state index in [-0.39, 0.29) is 17.4 Å². The zero-order chi connectivity index (χ0) is 15.5. The molecule has 2 aromatic rings. The van der Waals surface area contributed by atoms with Crippen LogP contribution in [0.3, 0.4) is 0 Å². The zero-order valence-corrected chi connectivity index (χ0v) is 12.2. The van der Waals surface area contributed by atoms with Gasteiger partial charge in [0.25, 0.3) is 5.91 Å². The highest BCUT2D eigenvalue weighted by atomic mass is 35.5. The minimum Gasteiger partial charge on any atom is -0.504 e. The van der Waals surface area contributed by atoms with Gasteiger partial charge < -0.3 is 15.5 Å². The first-order valence-corrected chi connectivity index (χ1v) is 7.32. The Morgan fingerprint density at radius 1 is 1.09 bits per heavy atom. The number of nitrogens with one attached hydrogen (secondary N) is 2. The Morgan fingerprint density at radius 2 is 1.86 bits per heavy atom. The summed E-state index contributed by atoms with van der Waals surface area (Å²) in [7, 11) is 0. The molecule has 0 aromatic heterocycles. The molecule has 2 heterocycles. The number of halogens is 1. The maximum absolute atomic E-state index is 12.7. The lowest BCUT2D eigenvalue weighted by molar-refractivity contribution is -0.120. The van der Waals surface area contributed by atoms with Gasteiger partial charge in [-0.3, -0.25) is 10.1 Å². The van der Waals surface area contributed by atoms with Crippen LogP contribution in [0.5, 0.6) is 11.5 Å². The van der Waals surface area contributed by atoms with Crippen molar-refractivity contribution in [3.63, 3.8) is 0 Å². The van der Waals surface area contributed by atoms with Gasteiger partial charge in [-0.2, -0.15) is 0 Å². The summed E-state index contributed by atoms with van der Waals surface area (Å²) in [6, 6.07) is 8.20. The largest absolute Gasteiger partial charge is 0.504 e. The summed E-state index contributed by atoms with van der Waals surface area (Å²) in [5, 5.41) is 26.2. The fraction of sp³-hybridized carbons (Fsp3) is 0.188. The van der Waals surface area contributed by atoms with Crippen LogP contribution in [-0.4, -0.2) is 22.7 Å². The summed E-state index contributed by atoms with van der Waals surface area (Å²) in [4.78, 5) is 12.7. The van der Waals surface area contributed by atoms with E-state index in [1.54, 1.807) is 18.2 Å². The average molecular weight is 317 g/mol. The van der Waals surface area contributed by atoms with Gasteiger partial charge in [0, 0.05) is 22.8 Å². The van der Waals surface area contributed by atoms with Crippen molar-refractivity contribution < 1.29 is 15.0 Å². The molecule has 1 spiro atoms. The Morgan fingerprint density at radius 3 is 2.68 bits per heavy atom. The molecule has 0 bridgehead atoms. The SMILES string of the molecule is O=C1Nc2ccc(Cl)cc2C12NCCc1cc(O)c(O)cc12. The molecule has 2 aliphatic heterocycles. The van der Waals surface area contributed by atoms with Gasteiger partial charge in [-0.1, -0.05) is 11.6 Å². The van der Waals surface area contributed by atoms with E-state index in [1.165, 1.54) is 12.1 Å². The maximum atomic E-state index is 12.7. The molecule has 112 valence electrons. The lowest BCUT2D eigenvalue weighted by atomic mass is 9.78. The third-order valence-corrected chi connectivity index (χ3v) is 4.60. The molecule has 4 rings (SSSR count). The Bertz CT molecular complexity index is 821. The predicted octanol–water partition coefficient (Wildman–Crippen LogP) is 2.09. The minimum atomic E-state index is -1.08. The Labute approximate surface area is 131 Å². The molecule has 22 heavy (non-hydrogen) atoms. The summed E-state index contributed by atoms with van der Waals surface area (Å²) < 4.78 is 0. The summed E-state index contributed by atoms with van der Waals surface area (Å²) in [5.74, 6) is -0.638. The normalized spacial score (nSPS) is 22.3. The van der Waals surface area contributed by atoms with Crippen molar-refractivity contribution in [3.8, 4) is 11.5 Å². The fourth-order valence-electron chi connectivity index (χ4n) is 3.37. The highest BCUT2D eigenvalue weighted by molar-refractivity contribution is 6.31. The van der Waals surface area contributed by atoms with Crippen molar-refractivity contribution in [3.05, 3.63) is 52.0 Å². The smallest absolute Gasteiger partial charge is 0.254 e. The molecule has 0 saturated carbocycles. The van der Waals surface area contributed by atoms with Crippen molar-refractivity contribution in [1.82, 2.24) is 5.32 Å². The van der Waals surface area contributed by atoms with Crippen LogP contribution in [0.1, 0.15) is 16.7 Å². The van der Waals surface area contributed by atoms with E-state index in [0.717, 1.165) is 11.1 Å². The summed E-state index contributed by atoms with van der Waals surface area (Å²) in [5.41, 5.74) is 1.82.